The lowest BCUT2D eigenvalue weighted by Crippen LogP contribution is -2.42. The fraction of sp³-hybridized carbons (Fsp3) is 0.269. The van der Waals surface area contributed by atoms with Gasteiger partial charge >= 0.3 is 0 Å². The maximum atomic E-state index is 14.2. The minimum atomic E-state index is -0.351. The molecular formula is C26H23FN4O3S. The first kappa shape index (κ1) is 21.8. The number of carbonyl (C=O) groups is 2. The van der Waals surface area contributed by atoms with Gasteiger partial charge in [0, 0.05) is 19.1 Å². The molecular weight excluding hydrogens is 467 g/mol. The number of nitrogens with zero attached hydrogens (tertiary/aromatic N) is 3. The van der Waals surface area contributed by atoms with Gasteiger partial charge in [-0.1, -0.05) is 6.58 Å². The number of rotatable bonds is 5. The standard InChI is InChI=1S/C26H23FN4O3S/c1-2-23(32)30-10-9-26(15-30)13-17(14-26)31-19-12-16(27)5-6-18(19)28-25(31)29-24(33)22-8-7-21(35-22)20-4-3-11-34-20/h2-8,11-12,17H,1,9-10,13-15H2,(H,28,29,33). The second-order valence-corrected chi connectivity index (χ2v) is 10.4. The molecule has 2 aliphatic rings. The first-order valence-corrected chi connectivity index (χ1v) is 12.3. The molecule has 1 N–H and O–H groups in total. The quantitative estimate of drug-likeness (QED) is 0.375. The number of likely N-dealkylation sites (tertiary alicyclic amines) is 1. The van der Waals surface area contributed by atoms with E-state index >= 15 is 0 Å². The van der Waals surface area contributed by atoms with Crippen LogP contribution in [0.1, 0.15) is 35.0 Å². The fourth-order valence-corrected chi connectivity index (χ4v) is 6.28. The lowest BCUT2D eigenvalue weighted by molar-refractivity contribution is -0.125. The molecule has 4 heterocycles. The Bertz CT molecular complexity index is 1450. The Balaban J connectivity index is 1.27. The van der Waals surface area contributed by atoms with E-state index in [1.165, 1.54) is 29.5 Å². The number of anilines is 1. The highest BCUT2D eigenvalue weighted by molar-refractivity contribution is 7.17. The van der Waals surface area contributed by atoms with Crippen molar-refractivity contribution in [2.24, 2.45) is 5.41 Å². The van der Waals surface area contributed by atoms with E-state index in [1.807, 2.05) is 21.6 Å². The Morgan fingerprint density at radius 3 is 2.89 bits per heavy atom. The molecule has 2 fully saturated rings. The second-order valence-electron chi connectivity index (χ2n) is 9.31. The van der Waals surface area contributed by atoms with Crippen LogP contribution in [0, 0.1) is 11.2 Å². The molecule has 0 atom stereocenters. The third kappa shape index (κ3) is 3.76. The summed E-state index contributed by atoms with van der Waals surface area (Å²) in [7, 11) is 0. The Kier molecular flexibility index (Phi) is 5.10. The lowest BCUT2D eigenvalue weighted by atomic mass is 9.65. The van der Waals surface area contributed by atoms with E-state index < -0.39 is 0 Å². The smallest absolute Gasteiger partial charge is 0.268 e. The van der Waals surface area contributed by atoms with Gasteiger partial charge in [0.1, 0.15) is 11.6 Å². The number of benzene rings is 1. The molecule has 1 aliphatic heterocycles. The molecule has 3 aromatic heterocycles. The maximum absolute atomic E-state index is 14.2. The molecule has 0 unspecified atom stereocenters. The number of thiophene rings is 1. The first-order valence-electron chi connectivity index (χ1n) is 11.5. The molecule has 1 aromatic carbocycles. The zero-order valence-corrected chi connectivity index (χ0v) is 19.7. The van der Waals surface area contributed by atoms with Crippen LogP contribution in [0.2, 0.25) is 0 Å². The molecule has 1 saturated carbocycles. The monoisotopic (exact) mass is 490 g/mol. The third-order valence-electron chi connectivity index (χ3n) is 7.10. The number of furan rings is 1. The zero-order valence-electron chi connectivity index (χ0n) is 18.9. The van der Waals surface area contributed by atoms with Crippen LogP contribution in [0.15, 0.2) is 65.8 Å². The third-order valence-corrected chi connectivity index (χ3v) is 8.20. The van der Waals surface area contributed by atoms with Crippen molar-refractivity contribution >= 4 is 40.1 Å². The molecule has 6 rings (SSSR count). The van der Waals surface area contributed by atoms with Crippen LogP contribution in [-0.4, -0.2) is 39.4 Å². The van der Waals surface area contributed by atoms with Gasteiger partial charge in [-0.05, 0) is 73.2 Å². The first-order chi connectivity index (χ1) is 16.9. The summed E-state index contributed by atoms with van der Waals surface area (Å²) >= 11 is 1.33. The molecule has 35 heavy (non-hydrogen) atoms. The SMILES string of the molecule is C=CC(=O)N1CCC2(CC(n3c(NC(=O)c4ccc(-c5ccco5)s4)nc4ccc(F)cc43)C2)C1. The normalized spacial score (nSPS) is 21.4. The number of imidazole rings is 1. The summed E-state index contributed by atoms with van der Waals surface area (Å²) in [5.74, 6) is 0.439. The van der Waals surface area contributed by atoms with Gasteiger partial charge in [-0.25, -0.2) is 9.37 Å². The van der Waals surface area contributed by atoms with Crippen LogP contribution in [0.4, 0.5) is 10.3 Å². The fourth-order valence-electron chi connectivity index (χ4n) is 5.41. The number of aromatic nitrogens is 2. The van der Waals surface area contributed by atoms with Gasteiger partial charge in [0.05, 0.1) is 27.1 Å². The number of hydrogen-bond acceptors (Lipinski definition) is 5. The van der Waals surface area contributed by atoms with Crippen LogP contribution in [-0.2, 0) is 4.79 Å². The van der Waals surface area contributed by atoms with E-state index in [-0.39, 0.29) is 29.1 Å². The Morgan fingerprint density at radius 1 is 1.26 bits per heavy atom. The predicted molar refractivity (Wildman–Crippen MR) is 132 cm³/mol. The molecule has 0 bridgehead atoms. The number of hydrogen-bond donors (Lipinski definition) is 1. The van der Waals surface area contributed by atoms with E-state index in [0.29, 0.717) is 34.2 Å². The van der Waals surface area contributed by atoms with Crippen molar-refractivity contribution in [3.63, 3.8) is 0 Å². The van der Waals surface area contributed by atoms with Gasteiger partial charge in [0.15, 0.2) is 0 Å². The van der Waals surface area contributed by atoms with Crippen LogP contribution < -0.4 is 5.32 Å². The molecule has 2 amide bonds. The van der Waals surface area contributed by atoms with Crippen molar-refractivity contribution in [2.75, 3.05) is 18.4 Å². The molecule has 4 aromatic rings. The van der Waals surface area contributed by atoms with Crippen molar-refractivity contribution < 1.29 is 18.4 Å². The van der Waals surface area contributed by atoms with E-state index in [4.69, 9.17) is 4.42 Å². The molecule has 0 radical (unpaired) electrons. The van der Waals surface area contributed by atoms with Gasteiger partial charge in [0.25, 0.3) is 5.91 Å². The Morgan fingerprint density at radius 2 is 2.11 bits per heavy atom. The topological polar surface area (TPSA) is 80.4 Å². The van der Waals surface area contributed by atoms with Crippen molar-refractivity contribution in [1.82, 2.24) is 14.5 Å². The predicted octanol–water partition coefficient (Wildman–Crippen LogP) is 5.49. The van der Waals surface area contributed by atoms with E-state index in [9.17, 15) is 14.0 Å². The summed E-state index contributed by atoms with van der Waals surface area (Å²) in [6.07, 6.45) is 5.55. The maximum Gasteiger partial charge on any atom is 0.268 e. The summed E-state index contributed by atoms with van der Waals surface area (Å²) in [5.41, 5.74) is 1.32. The number of nitrogens with one attached hydrogen (secondary N) is 1. The van der Waals surface area contributed by atoms with Crippen molar-refractivity contribution in [3.8, 4) is 10.6 Å². The average Bonchev–Trinajstić information content (AvgIpc) is 3.62. The molecule has 1 aliphatic carbocycles. The number of amides is 2. The summed E-state index contributed by atoms with van der Waals surface area (Å²) in [6, 6.07) is 11.8. The highest BCUT2D eigenvalue weighted by atomic mass is 32.1. The summed E-state index contributed by atoms with van der Waals surface area (Å²) in [6.45, 7) is 5.01. The zero-order chi connectivity index (χ0) is 24.2. The second kappa shape index (κ2) is 8.20. The number of fused-ring (bicyclic) bond motifs is 1. The number of halogens is 1. The molecule has 178 valence electrons. The highest BCUT2D eigenvalue weighted by Crippen LogP contribution is 2.55. The van der Waals surface area contributed by atoms with Crippen LogP contribution >= 0.6 is 11.3 Å². The number of carbonyl (C=O) groups excluding carboxylic acids is 2. The van der Waals surface area contributed by atoms with Gasteiger partial charge in [-0.3, -0.25) is 14.9 Å². The van der Waals surface area contributed by atoms with E-state index in [1.54, 1.807) is 24.5 Å². The molecule has 7 nitrogen and oxygen atoms in total. The molecule has 1 spiro atoms. The Labute approximate surface area is 204 Å². The average molecular weight is 491 g/mol. The molecule has 1 saturated heterocycles. The van der Waals surface area contributed by atoms with Gasteiger partial charge in [-0.15, -0.1) is 11.3 Å². The van der Waals surface area contributed by atoms with Crippen LogP contribution in [0.25, 0.3) is 21.7 Å². The minimum absolute atomic E-state index is 0.0419. The van der Waals surface area contributed by atoms with Crippen molar-refractivity contribution in [1.29, 1.82) is 0 Å². The van der Waals surface area contributed by atoms with Gasteiger partial charge in [-0.2, -0.15) is 0 Å². The largest absolute Gasteiger partial charge is 0.464 e. The van der Waals surface area contributed by atoms with E-state index in [0.717, 1.165) is 30.7 Å². The van der Waals surface area contributed by atoms with Crippen LogP contribution in [0.5, 0.6) is 0 Å². The van der Waals surface area contributed by atoms with Gasteiger partial charge in [0.2, 0.25) is 11.9 Å². The summed E-state index contributed by atoms with van der Waals surface area (Å²) in [5, 5.41) is 2.95. The minimum Gasteiger partial charge on any atom is -0.464 e. The van der Waals surface area contributed by atoms with Gasteiger partial charge < -0.3 is 13.9 Å². The Hall–Kier alpha value is -3.72. The van der Waals surface area contributed by atoms with Crippen LogP contribution in [0.3, 0.4) is 0 Å². The molecule has 9 heteroatoms. The highest BCUT2D eigenvalue weighted by Gasteiger charge is 2.50. The lowest BCUT2D eigenvalue weighted by Gasteiger charge is -2.46. The van der Waals surface area contributed by atoms with Crippen molar-refractivity contribution in [3.05, 3.63) is 72.1 Å². The summed E-state index contributed by atoms with van der Waals surface area (Å²) in [4.78, 5) is 33.0. The van der Waals surface area contributed by atoms with Crippen molar-refractivity contribution in [2.45, 2.75) is 25.3 Å². The summed E-state index contributed by atoms with van der Waals surface area (Å²) < 4.78 is 21.5. The van der Waals surface area contributed by atoms with E-state index in [2.05, 4.69) is 16.9 Å².